The van der Waals surface area contributed by atoms with E-state index in [9.17, 15) is 26.7 Å². The maximum absolute atomic E-state index is 14.4. The molecule has 4 rings (SSSR count). The molecular formula is C21H15ClF5N5O. The zero-order valence-corrected chi connectivity index (χ0v) is 17.9. The van der Waals surface area contributed by atoms with E-state index in [2.05, 4.69) is 15.0 Å². The third-order valence-corrected chi connectivity index (χ3v) is 5.49. The highest BCUT2D eigenvalue weighted by molar-refractivity contribution is 6.31. The van der Waals surface area contributed by atoms with Gasteiger partial charge in [0.25, 0.3) is 0 Å². The molecule has 0 spiro atoms. The largest absolute Gasteiger partial charge is 0.416 e. The van der Waals surface area contributed by atoms with E-state index >= 15 is 0 Å². The van der Waals surface area contributed by atoms with Gasteiger partial charge < -0.3 is 4.90 Å². The Morgan fingerprint density at radius 2 is 1.91 bits per heavy atom. The van der Waals surface area contributed by atoms with Crippen molar-refractivity contribution < 1.29 is 26.7 Å². The summed E-state index contributed by atoms with van der Waals surface area (Å²) in [5.74, 6) is -2.65. The van der Waals surface area contributed by atoms with E-state index in [-0.39, 0.29) is 29.4 Å². The lowest BCUT2D eigenvalue weighted by molar-refractivity contribution is -0.137. The predicted molar refractivity (Wildman–Crippen MR) is 110 cm³/mol. The van der Waals surface area contributed by atoms with E-state index in [1.165, 1.54) is 31.4 Å². The predicted octanol–water partition coefficient (Wildman–Crippen LogP) is 4.86. The molecule has 172 valence electrons. The SMILES string of the molecule is Cc1cc(C(F)(F)F)cc(N2c3ncncc3CC2C(=O)N(C)c2cc(Cl)c(F)cc2F)n1. The molecule has 0 saturated heterocycles. The van der Waals surface area contributed by atoms with Crippen molar-refractivity contribution in [2.24, 2.45) is 0 Å². The van der Waals surface area contributed by atoms with Crippen molar-refractivity contribution >= 4 is 34.8 Å². The Morgan fingerprint density at radius 3 is 2.61 bits per heavy atom. The first-order chi connectivity index (χ1) is 15.5. The fourth-order valence-corrected chi connectivity index (χ4v) is 3.83. The third-order valence-electron chi connectivity index (χ3n) is 5.20. The number of aryl methyl sites for hydroxylation is 1. The van der Waals surface area contributed by atoms with Crippen molar-refractivity contribution in [3.63, 3.8) is 0 Å². The number of halogens is 6. The van der Waals surface area contributed by atoms with Gasteiger partial charge in [0.15, 0.2) is 0 Å². The summed E-state index contributed by atoms with van der Waals surface area (Å²) in [5, 5.41) is -0.390. The fraction of sp³-hybridized carbons (Fsp3) is 0.238. The molecule has 0 N–H and O–H groups in total. The van der Waals surface area contributed by atoms with Gasteiger partial charge in [0.2, 0.25) is 5.91 Å². The first kappa shape index (κ1) is 22.8. The number of nitrogens with zero attached hydrogens (tertiary/aromatic N) is 5. The molecule has 0 aliphatic carbocycles. The molecule has 1 unspecified atom stereocenters. The molecular weight excluding hydrogens is 469 g/mol. The first-order valence-electron chi connectivity index (χ1n) is 9.53. The minimum Gasteiger partial charge on any atom is -0.311 e. The zero-order chi connectivity index (χ0) is 24.1. The second-order valence-electron chi connectivity index (χ2n) is 7.43. The molecule has 2 aromatic heterocycles. The molecule has 0 bridgehead atoms. The van der Waals surface area contributed by atoms with E-state index < -0.39 is 40.3 Å². The van der Waals surface area contributed by atoms with Crippen molar-refractivity contribution in [3.8, 4) is 0 Å². The Labute approximate surface area is 189 Å². The van der Waals surface area contributed by atoms with E-state index in [1.807, 2.05) is 0 Å². The number of benzene rings is 1. The molecule has 33 heavy (non-hydrogen) atoms. The van der Waals surface area contributed by atoms with Gasteiger partial charge >= 0.3 is 6.18 Å². The molecule has 1 aromatic carbocycles. The molecule has 1 aliphatic heterocycles. The second kappa shape index (κ2) is 8.22. The van der Waals surface area contributed by atoms with Gasteiger partial charge in [-0.05, 0) is 25.1 Å². The molecule has 1 atom stereocenters. The lowest BCUT2D eigenvalue weighted by atomic mass is 10.1. The van der Waals surface area contributed by atoms with E-state index in [4.69, 9.17) is 11.6 Å². The number of aromatic nitrogens is 3. The van der Waals surface area contributed by atoms with E-state index in [0.717, 1.165) is 23.1 Å². The number of hydrogen-bond donors (Lipinski definition) is 0. The number of carbonyl (C=O) groups is 1. The van der Waals surface area contributed by atoms with Gasteiger partial charge in [-0.2, -0.15) is 13.2 Å². The zero-order valence-electron chi connectivity index (χ0n) is 17.2. The third kappa shape index (κ3) is 4.20. The fourth-order valence-electron chi connectivity index (χ4n) is 3.68. The van der Waals surface area contributed by atoms with Crippen LogP contribution < -0.4 is 9.80 Å². The minimum absolute atomic E-state index is 0.0346. The second-order valence-corrected chi connectivity index (χ2v) is 7.84. The molecule has 3 aromatic rings. The van der Waals surface area contributed by atoms with Crippen LogP contribution in [-0.2, 0) is 17.4 Å². The summed E-state index contributed by atoms with van der Waals surface area (Å²) in [4.78, 5) is 27.8. The van der Waals surface area contributed by atoms with Crippen molar-refractivity contribution in [3.05, 3.63) is 70.3 Å². The maximum atomic E-state index is 14.4. The summed E-state index contributed by atoms with van der Waals surface area (Å²) in [6.45, 7) is 1.40. The quantitative estimate of drug-likeness (QED) is 0.393. The lowest BCUT2D eigenvalue weighted by Gasteiger charge is -2.29. The molecule has 0 fully saturated rings. The van der Waals surface area contributed by atoms with Crippen LogP contribution in [0.1, 0.15) is 16.8 Å². The smallest absolute Gasteiger partial charge is 0.311 e. The summed E-state index contributed by atoms with van der Waals surface area (Å²) in [5.41, 5.74) is -0.651. The van der Waals surface area contributed by atoms with Crippen LogP contribution >= 0.6 is 11.6 Å². The van der Waals surface area contributed by atoms with Crippen LogP contribution in [0, 0.1) is 18.6 Å². The van der Waals surface area contributed by atoms with Crippen LogP contribution in [0.3, 0.4) is 0 Å². The van der Waals surface area contributed by atoms with Crippen LogP contribution in [0.4, 0.5) is 39.3 Å². The summed E-state index contributed by atoms with van der Waals surface area (Å²) in [6.07, 6.45) is -1.96. The number of carbonyl (C=O) groups excluding carboxylic acids is 1. The number of alkyl halides is 3. The molecule has 1 aliphatic rings. The van der Waals surface area contributed by atoms with Crippen molar-refractivity contribution in [2.75, 3.05) is 16.8 Å². The van der Waals surface area contributed by atoms with Crippen molar-refractivity contribution in [2.45, 2.75) is 25.6 Å². The number of likely N-dealkylation sites (N-methyl/N-ethyl adjacent to an activating group) is 1. The number of fused-ring (bicyclic) bond motifs is 1. The van der Waals surface area contributed by atoms with Gasteiger partial charge in [0.1, 0.15) is 35.6 Å². The van der Waals surface area contributed by atoms with Crippen molar-refractivity contribution in [1.29, 1.82) is 0 Å². The Kier molecular flexibility index (Phi) is 5.69. The number of hydrogen-bond acceptors (Lipinski definition) is 5. The van der Waals surface area contributed by atoms with Gasteiger partial charge in [0, 0.05) is 37.0 Å². The standard InChI is InChI=1S/C21H15ClF5N5O/c1-10-3-12(21(25,26)27)5-18(30-10)32-17(4-11-8-28-9-29-19(11)32)20(33)31(2)16-6-13(22)14(23)7-15(16)24/h3,5-9,17H,4H2,1-2H3. The number of pyridine rings is 1. The summed E-state index contributed by atoms with van der Waals surface area (Å²) in [7, 11) is 1.26. The Bertz CT molecular complexity index is 1250. The normalized spacial score (nSPS) is 15.5. The van der Waals surface area contributed by atoms with E-state index in [0.29, 0.717) is 11.6 Å². The highest BCUT2D eigenvalue weighted by atomic mass is 35.5. The van der Waals surface area contributed by atoms with Crippen molar-refractivity contribution in [1.82, 2.24) is 15.0 Å². The molecule has 1 amide bonds. The molecule has 0 saturated carbocycles. The summed E-state index contributed by atoms with van der Waals surface area (Å²) >= 11 is 5.74. The Balaban J connectivity index is 1.80. The summed E-state index contributed by atoms with van der Waals surface area (Å²) in [6, 6.07) is 2.11. The maximum Gasteiger partial charge on any atom is 0.416 e. The number of anilines is 3. The van der Waals surface area contributed by atoms with Crippen LogP contribution in [0.2, 0.25) is 5.02 Å². The van der Waals surface area contributed by atoms with Gasteiger partial charge in [-0.15, -0.1) is 0 Å². The van der Waals surface area contributed by atoms with Crippen LogP contribution in [-0.4, -0.2) is 33.9 Å². The van der Waals surface area contributed by atoms with Crippen LogP contribution in [0.5, 0.6) is 0 Å². The molecule has 12 heteroatoms. The van der Waals surface area contributed by atoms with Crippen LogP contribution in [0.25, 0.3) is 0 Å². The van der Waals surface area contributed by atoms with Gasteiger partial charge in [-0.1, -0.05) is 11.6 Å². The molecule has 6 nitrogen and oxygen atoms in total. The average Bonchev–Trinajstić information content (AvgIpc) is 3.14. The monoisotopic (exact) mass is 483 g/mol. The molecule has 3 heterocycles. The van der Waals surface area contributed by atoms with Gasteiger partial charge in [-0.3, -0.25) is 9.69 Å². The summed E-state index contributed by atoms with van der Waals surface area (Å²) < 4.78 is 68.2. The highest BCUT2D eigenvalue weighted by Gasteiger charge is 2.41. The molecule has 0 radical (unpaired) electrons. The first-order valence-corrected chi connectivity index (χ1v) is 9.91. The number of amides is 1. The van der Waals surface area contributed by atoms with Gasteiger partial charge in [0.05, 0.1) is 16.3 Å². The Morgan fingerprint density at radius 1 is 1.18 bits per heavy atom. The average molecular weight is 484 g/mol. The lowest BCUT2D eigenvalue weighted by Crippen LogP contribution is -2.45. The minimum atomic E-state index is -4.64. The highest BCUT2D eigenvalue weighted by Crippen LogP contribution is 2.39. The Hall–Kier alpha value is -3.34. The van der Waals surface area contributed by atoms with Gasteiger partial charge in [-0.25, -0.2) is 23.7 Å². The topological polar surface area (TPSA) is 62.2 Å². The number of rotatable bonds is 3. The van der Waals surface area contributed by atoms with E-state index in [1.54, 1.807) is 0 Å². The van der Waals surface area contributed by atoms with Crippen LogP contribution in [0.15, 0.2) is 36.8 Å².